The van der Waals surface area contributed by atoms with Crippen molar-refractivity contribution >= 4 is 24.7 Å². The summed E-state index contributed by atoms with van der Waals surface area (Å²) in [6.07, 6.45) is 5.34. The van der Waals surface area contributed by atoms with E-state index in [1.165, 1.54) is 10.4 Å². The molecule has 3 rings (SSSR count). The van der Waals surface area contributed by atoms with Crippen molar-refractivity contribution in [1.29, 1.82) is 0 Å². The zero-order valence-corrected chi connectivity index (χ0v) is 19.3. The third-order valence-electron chi connectivity index (χ3n) is 5.72. The van der Waals surface area contributed by atoms with E-state index in [1.54, 1.807) is 0 Å². The van der Waals surface area contributed by atoms with Gasteiger partial charge in [0.25, 0.3) is 8.32 Å². The van der Waals surface area contributed by atoms with Gasteiger partial charge in [-0.25, -0.2) is 0 Å². The van der Waals surface area contributed by atoms with Crippen LogP contribution >= 0.6 is 0 Å². The third kappa shape index (κ3) is 4.66. The summed E-state index contributed by atoms with van der Waals surface area (Å²) in [7, 11) is -2.51. The average molecular weight is 421 g/mol. The standard InChI is InChI=1S/C26H32O3Si/c1-21(24-18-12-19-28-25(24)27)13-11-20-29-30(26(2,3)4,22-14-7-5-8-15-22)23-16-9-6-10-17-23/h5-10,12,14-18,24H,1,11,13,19-20H2,2-4H3. The molecule has 0 aliphatic carbocycles. The van der Waals surface area contributed by atoms with Crippen molar-refractivity contribution in [2.24, 2.45) is 5.92 Å². The first-order chi connectivity index (χ1) is 14.4. The Labute approximate surface area is 181 Å². The van der Waals surface area contributed by atoms with Crippen molar-refractivity contribution in [2.75, 3.05) is 13.2 Å². The van der Waals surface area contributed by atoms with Crippen molar-refractivity contribution in [3.05, 3.63) is 85.0 Å². The molecule has 1 unspecified atom stereocenters. The van der Waals surface area contributed by atoms with Gasteiger partial charge in [-0.2, -0.15) is 0 Å². The van der Waals surface area contributed by atoms with Crippen molar-refractivity contribution in [2.45, 2.75) is 38.7 Å². The second kappa shape index (κ2) is 9.58. The van der Waals surface area contributed by atoms with Gasteiger partial charge in [0.2, 0.25) is 0 Å². The molecule has 0 spiro atoms. The van der Waals surface area contributed by atoms with Gasteiger partial charge in [0.1, 0.15) is 6.61 Å². The number of hydrogen-bond donors (Lipinski definition) is 0. The van der Waals surface area contributed by atoms with Gasteiger partial charge >= 0.3 is 5.97 Å². The van der Waals surface area contributed by atoms with Gasteiger partial charge in [-0.15, -0.1) is 0 Å². The van der Waals surface area contributed by atoms with Gasteiger partial charge in [-0.1, -0.05) is 106 Å². The fourth-order valence-electron chi connectivity index (χ4n) is 4.23. The Morgan fingerprint density at radius 2 is 1.63 bits per heavy atom. The Kier molecular flexibility index (Phi) is 7.11. The molecule has 0 aromatic heterocycles. The smallest absolute Gasteiger partial charge is 0.317 e. The van der Waals surface area contributed by atoms with Crippen molar-refractivity contribution in [3.8, 4) is 0 Å². The minimum absolute atomic E-state index is 0.0391. The van der Waals surface area contributed by atoms with Gasteiger partial charge in [-0.05, 0) is 28.3 Å². The lowest BCUT2D eigenvalue weighted by atomic mass is 9.95. The van der Waals surface area contributed by atoms with Crippen LogP contribution in [0.15, 0.2) is 85.0 Å². The number of ether oxygens (including phenoxy) is 1. The summed E-state index contributed by atoms with van der Waals surface area (Å²) in [6.45, 7) is 12.0. The lowest BCUT2D eigenvalue weighted by Crippen LogP contribution is -2.66. The van der Waals surface area contributed by atoms with Crippen molar-refractivity contribution in [1.82, 2.24) is 0 Å². The molecule has 4 heteroatoms. The summed E-state index contributed by atoms with van der Waals surface area (Å²) in [5.41, 5.74) is 0.891. The molecule has 0 saturated carbocycles. The fourth-order valence-corrected chi connectivity index (χ4v) is 8.84. The van der Waals surface area contributed by atoms with Gasteiger partial charge in [-0.3, -0.25) is 4.79 Å². The van der Waals surface area contributed by atoms with E-state index in [2.05, 4.69) is 88.0 Å². The Bertz CT molecular complexity index is 842. The molecule has 0 bridgehead atoms. The van der Waals surface area contributed by atoms with Crippen LogP contribution in [0.5, 0.6) is 0 Å². The number of rotatable bonds is 8. The van der Waals surface area contributed by atoms with Crippen LogP contribution in [-0.2, 0) is 14.0 Å². The van der Waals surface area contributed by atoms with Crippen molar-refractivity contribution < 1.29 is 14.0 Å². The second-order valence-corrected chi connectivity index (χ2v) is 13.1. The zero-order valence-electron chi connectivity index (χ0n) is 18.3. The molecule has 2 aromatic rings. The summed E-state index contributed by atoms with van der Waals surface area (Å²) in [4.78, 5) is 12.0. The number of esters is 1. The minimum atomic E-state index is -2.51. The highest BCUT2D eigenvalue weighted by molar-refractivity contribution is 6.99. The van der Waals surface area contributed by atoms with Crippen LogP contribution in [-0.4, -0.2) is 27.5 Å². The predicted molar refractivity (Wildman–Crippen MR) is 126 cm³/mol. The molecule has 30 heavy (non-hydrogen) atoms. The molecule has 2 aromatic carbocycles. The van der Waals surface area contributed by atoms with E-state index >= 15 is 0 Å². The number of carbonyl (C=O) groups excluding carboxylic acids is 1. The van der Waals surface area contributed by atoms with Gasteiger partial charge in [0, 0.05) is 6.61 Å². The topological polar surface area (TPSA) is 35.5 Å². The molecule has 0 amide bonds. The summed E-state index contributed by atoms with van der Waals surface area (Å²) < 4.78 is 12.0. The van der Waals surface area contributed by atoms with Crippen molar-refractivity contribution in [3.63, 3.8) is 0 Å². The summed E-state index contributed by atoms with van der Waals surface area (Å²) in [5, 5.41) is 2.52. The molecule has 1 heterocycles. The van der Waals surface area contributed by atoms with Gasteiger partial charge in [0.15, 0.2) is 0 Å². The second-order valence-electron chi connectivity index (χ2n) is 8.81. The van der Waals surface area contributed by atoms with Gasteiger partial charge < -0.3 is 9.16 Å². The highest BCUT2D eigenvalue weighted by Crippen LogP contribution is 2.37. The number of cyclic esters (lactones) is 1. The number of benzene rings is 2. The van der Waals surface area contributed by atoms with E-state index in [9.17, 15) is 4.79 Å². The molecule has 3 nitrogen and oxygen atoms in total. The molecule has 0 N–H and O–H groups in total. The molecule has 1 aliphatic rings. The lowest BCUT2D eigenvalue weighted by Gasteiger charge is -2.43. The largest absolute Gasteiger partial charge is 0.461 e. The lowest BCUT2D eigenvalue weighted by molar-refractivity contribution is -0.145. The summed E-state index contributed by atoms with van der Waals surface area (Å²) >= 11 is 0. The molecule has 0 saturated heterocycles. The van der Waals surface area contributed by atoms with Crippen LogP contribution in [0.1, 0.15) is 33.6 Å². The highest BCUT2D eigenvalue weighted by Gasteiger charge is 2.49. The monoisotopic (exact) mass is 420 g/mol. The van der Waals surface area contributed by atoms with E-state index in [0.717, 1.165) is 18.4 Å². The summed E-state index contributed by atoms with van der Waals surface area (Å²) in [5.74, 6) is -0.526. The van der Waals surface area contributed by atoms with E-state index in [0.29, 0.717) is 13.2 Å². The number of carbonyl (C=O) groups is 1. The third-order valence-corrected chi connectivity index (χ3v) is 10.8. The Hall–Kier alpha value is -2.43. The predicted octanol–water partition coefficient (Wildman–Crippen LogP) is 4.63. The quantitative estimate of drug-likeness (QED) is 0.270. The zero-order chi connectivity index (χ0) is 21.6. The fraction of sp³-hybridized carbons (Fsp3) is 0.346. The first-order valence-electron chi connectivity index (χ1n) is 10.6. The van der Waals surface area contributed by atoms with Gasteiger partial charge in [0.05, 0.1) is 5.92 Å². The van der Waals surface area contributed by atoms with Crippen LogP contribution in [0.25, 0.3) is 0 Å². The minimum Gasteiger partial charge on any atom is -0.461 e. The first-order valence-corrected chi connectivity index (χ1v) is 12.5. The van der Waals surface area contributed by atoms with E-state index < -0.39 is 8.32 Å². The number of hydrogen-bond acceptors (Lipinski definition) is 3. The molecular weight excluding hydrogens is 388 g/mol. The molecule has 158 valence electrons. The molecule has 1 atom stereocenters. The van der Waals surface area contributed by atoms with Crippen LogP contribution in [0, 0.1) is 5.92 Å². The van der Waals surface area contributed by atoms with E-state index in [1.807, 2.05) is 12.2 Å². The van der Waals surface area contributed by atoms with Crippen LogP contribution in [0.3, 0.4) is 0 Å². The normalized spacial score (nSPS) is 16.9. The summed E-state index contributed by atoms with van der Waals surface area (Å²) in [6, 6.07) is 21.3. The highest BCUT2D eigenvalue weighted by atomic mass is 28.4. The molecule has 0 fully saturated rings. The maximum Gasteiger partial charge on any atom is 0.317 e. The maximum atomic E-state index is 12.0. The SMILES string of the molecule is C=C(CCCO[Si](c1ccccc1)(c1ccccc1)C(C)(C)C)C1C=CCOC1=O. The van der Waals surface area contributed by atoms with Crippen LogP contribution in [0.2, 0.25) is 5.04 Å². The molecule has 0 radical (unpaired) electrons. The average Bonchev–Trinajstić information content (AvgIpc) is 2.74. The van der Waals surface area contributed by atoms with Crippen LogP contribution in [0.4, 0.5) is 0 Å². The maximum absolute atomic E-state index is 12.0. The molecule has 1 aliphatic heterocycles. The van der Waals surface area contributed by atoms with Crippen LogP contribution < -0.4 is 10.4 Å². The molecular formula is C26H32O3Si. The van der Waals surface area contributed by atoms with E-state index in [-0.39, 0.29) is 16.9 Å². The Morgan fingerprint density at radius 1 is 1.07 bits per heavy atom. The van der Waals surface area contributed by atoms with E-state index in [4.69, 9.17) is 9.16 Å². The first kappa shape index (κ1) is 22.3. The Balaban J connectivity index is 1.80. The Morgan fingerprint density at radius 3 is 2.13 bits per heavy atom.